The van der Waals surface area contributed by atoms with E-state index in [0.29, 0.717) is 29.7 Å². The van der Waals surface area contributed by atoms with Crippen molar-refractivity contribution < 1.29 is 9.59 Å². The van der Waals surface area contributed by atoms with Crippen molar-refractivity contribution >= 4 is 52.5 Å². The number of anilines is 1. The molecule has 4 nitrogen and oxygen atoms in total. The Morgan fingerprint density at radius 3 is 2.40 bits per heavy atom. The van der Waals surface area contributed by atoms with Crippen molar-refractivity contribution in [3.63, 3.8) is 0 Å². The maximum absolute atomic E-state index is 12.6. The summed E-state index contributed by atoms with van der Waals surface area (Å²) < 4.78 is 0. The Balaban J connectivity index is 1.78. The number of amides is 2. The van der Waals surface area contributed by atoms with Crippen LogP contribution < -0.4 is 4.90 Å². The van der Waals surface area contributed by atoms with Crippen LogP contribution in [-0.4, -0.2) is 46.3 Å². The van der Waals surface area contributed by atoms with E-state index in [4.69, 9.17) is 23.2 Å². The Labute approximate surface area is 162 Å². The van der Waals surface area contributed by atoms with Gasteiger partial charge in [0, 0.05) is 29.7 Å². The fourth-order valence-electron chi connectivity index (χ4n) is 3.43. The number of halogens is 2. The van der Waals surface area contributed by atoms with Crippen molar-refractivity contribution in [2.24, 2.45) is 5.41 Å². The summed E-state index contributed by atoms with van der Waals surface area (Å²) in [6, 6.07) is 7.40. The zero-order valence-electron chi connectivity index (χ0n) is 14.4. The molecule has 2 saturated heterocycles. The lowest BCUT2D eigenvalue weighted by molar-refractivity contribution is -0.140. The van der Waals surface area contributed by atoms with Crippen molar-refractivity contribution in [1.29, 1.82) is 0 Å². The Bertz CT molecular complexity index is 670. The number of thioether (sulfide) groups is 1. The molecule has 0 atom stereocenters. The predicted molar refractivity (Wildman–Crippen MR) is 104 cm³/mol. The smallest absolute Gasteiger partial charge is 0.238 e. The highest BCUT2D eigenvalue weighted by Crippen LogP contribution is 2.47. The van der Waals surface area contributed by atoms with Crippen molar-refractivity contribution in [2.75, 3.05) is 29.6 Å². The van der Waals surface area contributed by atoms with Gasteiger partial charge in [-0.15, -0.1) is 23.4 Å². The monoisotopic (exact) mass is 400 g/mol. The fourth-order valence-corrected chi connectivity index (χ4v) is 5.00. The SMILES string of the molecule is CC(C)(CCl)C(=O)N1CCC2(CC1)SCC(=O)N2c1ccc(Cl)cc1. The minimum Gasteiger partial charge on any atom is -0.342 e. The lowest BCUT2D eigenvalue weighted by Crippen LogP contribution is -2.55. The molecule has 0 unspecified atom stereocenters. The molecule has 2 amide bonds. The van der Waals surface area contributed by atoms with Gasteiger partial charge in [-0.3, -0.25) is 14.5 Å². The standard InChI is InChI=1S/C18H22Cl2N2O2S/c1-17(2,12-19)16(24)21-9-7-18(8-10-21)22(15(23)11-25-18)14-5-3-13(20)4-6-14/h3-6H,7-12H2,1-2H3. The summed E-state index contributed by atoms with van der Waals surface area (Å²) in [5.41, 5.74) is 0.320. The van der Waals surface area contributed by atoms with Crippen LogP contribution in [0.2, 0.25) is 5.02 Å². The van der Waals surface area contributed by atoms with Gasteiger partial charge in [-0.2, -0.15) is 0 Å². The maximum Gasteiger partial charge on any atom is 0.238 e. The van der Waals surface area contributed by atoms with Gasteiger partial charge in [0.1, 0.15) is 0 Å². The highest BCUT2D eigenvalue weighted by Gasteiger charge is 2.49. The van der Waals surface area contributed by atoms with Crippen molar-refractivity contribution in [1.82, 2.24) is 4.90 Å². The van der Waals surface area contributed by atoms with E-state index in [0.717, 1.165) is 18.5 Å². The van der Waals surface area contributed by atoms with Crippen molar-refractivity contribution in [3.8, 4) is 0 Å². The number of carbonyl (C=O) groups is 2. The molecule has 2 heterocycles. The maximum atomic E-state index is 12.6. The van der Waals surface area contributed by atoms with E-state index in [9.17, 15) is 9.59 Å². The van der Waals surface area contributed by atoms with Crippen LogP contribution in [0, 0.1) is 5.41 Å². The van der Waals surface area contributed by atoms with E-state index in [1.807, 2.05) is 47.9 Å². The zero-order chi connectivity index (χ0) is 18.2. The van der Waals surface area contributed by atoms with E-state index in [-0.39, 0.29) is 16.7 Å². The minimum absolute atomic E-state index is 0.0877. The first-order valence-electron chi connectivity index (χ1n) is 8.37. The number of piperidine rings is 1. The molecular weight excluding hydrogens is 379 g/mol. The average Bonchev–Trinajstić information content (AvgIpc) is 2.92. The molecule has 7 heteroatoms. The van der Waals surface area contributed by atoms with Gasteiger partial charge >= 0.3 is 0 Å². The van der Waals surface area contributed by atoms with Crippen LogP contribution >= 0.6 is 35.0 Å². The number of hydrogen-bond donors (Lipinski definition) is 0. The van der Waals surface area contributed by atoms with Crippen LogP contribution in [0.5, 0.6) is 0 Å². The Morgan fingerprint density at radius 1 is 1.24 bits per heavy atom. The number of carbonyl (C=O) groups excluding carboxylic acids is 2. The van der Waals surface area contributed by atoms with Crippen LogP contribution in [0.3, 0.4) is 0 Å². The first kappa shape index (κ1) is 18.9. The molecule has 2 fully saturated rings. The zero-order valence-corrected chi connectivity index (χ0v) is 16.8. The number of rotatable bonds is 3. The molecule has 1 aromatic carbocycles. The second-order valence-electron chi connectivity index (χ2n) is 7.25. The summed E-state index contributed by atoms with van der Waals surface area (Å²) in [6.07, 6.45) is 1.52. The van der Waals surface area contributed by atoms with Crippen LogP contribution in [0.25, 0.3) is 0 Å². The molecule has 0 radical (unpaired) electrons. The van der Waals surface area contributed by atoms with E-state index in [2.05, 4.69) is 0 Å². The lowest BCUT2D eigenvalue weighted by atomic mass is 9.92. The first-order valence-corrected chi connectivity index (χ1v) is 10.3. The first-order chi connectivity index (χ1) is 11.8. The van der Waals surface area contributed by atoms with Gasteiger partial charge in [-0.1, -0.05) is 11.6 Å². The van der Waals surface area contributed by atoms with Crippen LogP contribution in [-0.2, 0) is 9.59 Å². The van der Waals surface area contributed by atoms with E-state index in [1.54, 1.807) is 11.8 Å². The van der Waals surface area contributed by atoms with Gasteiger partial charge in [-0.05, 0) is 51.0 Å². The van der Waals surface area contributed by atoms with Gasteiger partial charge in [0.2, 0.25) is 11.8 Å². The number of nitrogens with zero attached hydrogens (tertiary/aromatic N) is 2. The second-order valence-corrected chi connectivity index (χ2v) is 9.29. The van der Waals surface area contributed by atoms with Crippen LogP contribution in [0.4, 0.5) is 5.69 Å². The van der Waals surface area contributed by atoms with E-state index in [1.165, 1.54) is 0 Å². The van der Waals surface area contributed by atoms with Crippen molar-refractivity contribution in [3.05, 3.63) is 29.3 Å². The summed E-state index contributed by atoms with van der Waals surface area (Å²) in [7, 11) is 0. The van der Waals surface area contributed by atoms with Gasteiger partial charge < -0.3 is 4.90 Å². The Kier molecular flexibility index (Phi) is 5.29. The molecule has 25 heavy (non-hydrogen) atoms. The van der Waals surface area contributed by atoms with E-state index < -0.39 is 5.41 Å². The van der Waals surface area contributed by atoms with Gasteiger partial charge in [-0.25, -0.2) is 0 Å². The number of alkyl halides is 1. The molecule has 0 bridgehead atoms. The van der Waals surface area contributed by atoms with Gasteiger partial charge in [0.25, 0.3) is 0 Å². The Morgan fingerprint density at radius 2 is 1.84 bits per heavy atom. The molecule has 1 aromatic rings. The van der Waals surface area contributed by atoms with Gasteiger partial charge in [0.15, 0.2) is 0 Å². The lowest BCUT2D eigenvalue weighted by Gasteiger charge is -2.45. The normalized spacial score (nSPS) is 20.4. The highest BCUT2D eigenvalue weighted by molar-refractivity contribution is 8.02. The van der Waals surface area contributed by atoms with Crippen molar-refractivity contribution in [2.45, 2.75) is 31.6 Å². The molecule has 3 rings (SSSR count). The fraction of sp³-hybridized carbons (Fsp3) is 0.556. The molecule has 0 aliphatic carbocycles. The van der Waals surface area contributed by atoms with E-state index >= 15 is 0 Å². The number of benzene rings is 1. The summed E-state index contributed by atoms with van der Waals surface area (Å²) in [5, 5.41) is 0.654. The number of likely N-dealkylation sites (tertiary alicyclic amines) is 1. The summed E-state index contributed by atoms with van der Waals surface area (Å²) >= 11 is 13.6. The molecular formula is C18H22Cl2N2O2S. The Hall–Kier alpha value is -0.910. The third kappa shape index (κ3) is 3.51. The summed E-state index contributed by atoms with van der Waals surface area (Å²) in [6.45, 7) is 5.04. The summed E-state index contributed by atoms with van der Waals surface area (Å²) in [5.74, 6) is 0.986. The van der Waals surface area contributed by atoms with Gasteiger partial charge in [0.05, 0.1) is 16.0 Å². The number of hydrogen-bond acceptors (Lipinski definition) is 3. The third-order valence-corrected chi connectivity index (χ3v) is 7.39. The van der Waals surface area contributed by atoms with Crippen LogP contribution in [0.15, 0.2) is 24.3 Å². The molecule has 0 saturated carbocycles. The molecule has 0 N–H and O–H groups in total. The minimum atomic E-state index is -0.555. The molecule has 1 spiro atoms. The van der Waals surface area contributed by atoms with Crippen LogP contribution in [0.1, 0.15) is 26.7 Å². The second kappa shape index (κ2) is 7.01. The quantitative estimate of drug-likeness (QED) is 0.719. The predicted octanol–water partition coefficient (Wildman–Crippen LogP) is 4.00. The third-order valence-electron chi connectivity index (χ3n) is 4.95. The molecule has 2 aliphatic rings. The highest BCUT2D eigenvalue weighted by atomic mass is 35.5. The average molecular weight is 401 g/mol. The largest absolute Gasteiger partial charge is 0.342 e. The molecule has 0 aromatic heterocycles. The topological polar surface area (TPSA) is 40.6 Å². The summed E-state index contributed by atoms with van der Waals surface area (Å²) in [4.78, 5) is 28.7. The molecule has 136 valence electrons. The molecule has 2 aliphatic heterocycles.